The Hall–Kier alpha value is -1.85. The molecule has 0 bridgehead atoms. The van der Waals surface area contributed by atoms with E-state index in [9.17, 15) is 8.42 Å². The minimum Gasteiger partial charge on any atom is -0.371 e. The van der Waals surface area contributed by atoms with Crippen molar-refractivity contribution in [1.82, 2.24) is 4.72 Å². The van der Waals surface area contributed by atoms with E-state index in [-0.39, 0.29) is 5.75 Å². The average Bonchev–Trinajstić information content (AvgIpc) is 3.09. The van der Waals surface area contributed by atoms with E-state index in [1.54, 1.807) is 0 Å². The minimum absolute atomic E-state index is 0.144. The zero-order valence-electron chi connectivity index (χ0n) is 14.7. The second kappa shape index (κ2) is 8.02. The van der Waals surface area contributed by atoms with Crippen LogP contribution in [0.2, 0.25) is 0 Å². The molecule has 4 nitrogen and oxygen atoms in total. The number of rotatable bonds is 7. The van der Waals surface area contributed by atoms with Gasteiger partial charge in [-0.1, -0.05) is 48.0 Å². The molecule has 134 valence electrons. The van der Waals surface area contributed by atoms with Gasteiger partial charge in [0.1, 0.15) is 0 Å². The van der Waals surface area contributed by atoms with E-state index in [0.717, 1.165) is 25.1 Å². The van der Waals surface area contributed by atoms with Gasteiger partial charge in [0.15, 0.2) is 0 Å². The van der Waals surface area contributed by atoms with Gasteiger partial charge in [-0.2, -0.15) is 0 Å². The Morgan fingerprint density at radius 3 is 2.52 bits per heavy atom. The number of nitrogens with one attached hydrogen (secondary N) is 1. The van der Waals surface area contributed by atoms with Crippen LogP contribution < -0.4 is 9.62 Å². The first-order valence-electron chi connectivity index (χ1n) is 8.85. The van der Waals surface area contributed by atoms with E-state index in [0.29, 0.717) is 18.9 Å². The van der Waals surface area contributed by atoms with Crippen LogP contribution in [0.5, 0.6) is 0 Å². The maximum Gasteiger partial charge on any atom is 0.211 e. The first-order chi connectivity index (χ1) is 12.0. The Labute approximate surface area is 150 Å². The molecular weight excluding hydrogens is 332 g/mol. The van der Waals surface area contributed by atoms with Crippen LogP contribution in [0.25, 0.3) is 0 Å². The highest BCUT2D eigenvalue weighted by molar-refractivity contribution is 7.89. The zero-order chi connectivity index (χ0) is 17.7. The van der Waals surface area contributed by atoms with Gasteiger partial charge in [-0.15, -0.1) is 0 Å². The summed E-state index contributed by atoms with van der Waals surface area (Å²) in [7, 11) is -3.22. The van der Waals surface area contributed by atoms with Crippen LogP contribution in [-0.4, -0.2) is 33.8 Å². The number of anilines is 1. The van der Waals surface area contributed by atoms with E-state index < -0.39 is 10.0 Å². The van der Waals surface area contributed by atoms with Crippen molar-refractivity contribution in [3.8, 4) is 0 Å². The fourth-order valence-corrected chi connectivity index (χ4v) is 4.34. The van der Waals surface area contributed by atoms with Crippen molar-refractivity contribution < 1.29 is 8.42 Å². The highest BCUT2D eigenvalue weighted by Crippen LogP contribution is 2.23. The van der Waals surface area contributed by atoms with Gasteiger partial charge >= 0.3 is 0 Å². The predicted molar refractivity (Wildman–Crippen MR) is 103 cm³/mol. The third-order valence-electron chi connectivity index (χ3n) is 4.78. The van der Waals surface area contributed by atoms with Gasteiger partial charge in [0.2, 0.25) is 10.0 Å². The van der Waals surface area contributed by atoms with Gasteiger partial charge in [-0.3, -0.25) is 0 Å². The summed E-state index contributed by atoms with van der Waals surface area (Å²) in [6.45, 7) is 4.50. The van der Waals surface area contributed by atoms with Gasteiger partial charge in [-0.05, 0) is 43.4 Å². The summed E-state index contributed by atoms with van der Waals surface area (Å²) in [5, 5.41) is 0. The van der Waals surface area contributed by atoms with E-state index in [1.807, 2.05) is 30.3 Å². The molecule has 0 aliphatic carbocycles. The second-order valence-corrected chi connectivity index (χ2v) is 8.77. The zero-order valence-corrected chi connectivity index (χ0v) is 15.5. The number of nitrogens with zero attached hydrogens (tertiary/aromatic N) is 1. The molecule has 1 aliphatic rings. The maximum atomic E-state index is 12.2. The van der Waals surface area contributed by atoms with Crippen LogP contribution in [0.4, 0.5) is 5.69 Å². The summed E-state index contributed by atoms with van der Waals surface area (Å²) < 4.78 is 27.2. The number of hydrogen-bond donors (Lipinski definition) is 1. The lowest BCUT2D eigenvalue weighted by atomic mass is 10.1. The first kappa shape index (κ1) is 18.0. The van der Waals surface area contributed by atoms with Crippen molar-refractivity contribution in [2.75, 3.05) is 30.3 Å². The quantitative estimate of drug-likeness (QED) is 0.828. The fraction of sp³-hybridized carbons (Fsp3) is 0.400. The minimum atomic E-state index is -3.22. The monoisotopic (exact) mass is 358 g/mol. The standard InChI is InChI=1S/C20H26N2O2S/c1-17-7-9-20(10-8-17)22-13-11-19(16-22)15-21-25(23,24)14-12-18-5-3-2-4-6-18/h2-10,19,21H,11-16H2,1H3. The lowest BCUT2D eigenvalue weighted by Crippen LogP contribution is -2.33. The van der Waals surface area contributed by atoms with Gasteiger partial charge in [0.05, 0.1) is 5.75 Å². The van der Waals surface area contributed by atoms with Crippen LogP contribution in [0.3, 0.4) is 0 Å². The molecule has 0 aromatic heterocycles. The highest BCUT2D eigenvalue weighted by Gasteiger charge is 2.24. The first-order valence-corrected chi connectivity index (χ1v) is 10.5. The average molecular weight is 359 g/mol. The molecule has 0 saturated carbocycles. The van der Waals surface area contributed by atoms with Crippen LogP contribution in [0, 0.1) is 12.8 Å². The smallest absolute Gasteiger partial charge is 0.211 e. The number of aryl methyl sites for hydroxylation is 2. The third kappa shape index (κ3) is 5.31. The maximum absolute atomic E-state index is 12.2. The van der Waals surface area contributed by atoms with Crippen LogP contribution in [-0.2, 0) is 16.4 Å². The predicted octanol–water partition coefficient (Wildman–Crippen LogP) is 2.98. The van der Waals surface area contributed by atoms with Crippen LogP contribution in [0.1, 0.15) is 17.5 Å². The molecule has 0 spiro atoms. The molecule has 1 fully saturated rings. The molecular formula is C20H26N2O2S. The number of sulfonamides is 1. The topological polar surface area (TPSA) is 49.4 Å². The number of hydrogen-bond acceptors (Lipinski definition) is 3. The molecule has 1 saturated heterocycles. The summed E-state index contributed by atoms with van der Waals surface area (Å²) in [6, 6.07) is 18.3. The van der Waals surface area contributed by atoms with Crippen molar-refractivity contribution in [2.24, 2.45) is 5.92 Å². The Morgan fingerprint density at radius 1 is 1.08 bits per heavy atom. The summed E-state index contributed by atoms with van der Waals surface area (Å²) in [5.41, 5.74) is 3.53. The molecule has 1 unspecified atom stereocenters. The lowest BCUT2D eigenvalue weighted by molar-refractivity contribution is 0.541. The Kier molecular flexibility index (Phi) is 5.76. The van der Waals surface area contributed by atoms with Crippen molar-refractivity contribution in [2.45, 2.75) is 19.8 Å². The van der Waals surface area contributed by atoms with Crippen molar-refractivity contribution in [1.29, 1.82) is 0 Å². The van der Waals surface area contributed by atoms with Crippen molar-refractivity contribution in [3.05, 3.63) is 65.7 Å². The van der Waals surface area contributed by atoms with E-state index in [2.05, 4.69) is 40.8 Å². The summed E-state index contributed by atoms with van der Waals surface area (Å²) in [6.07, 6.45) is 1.57. The van der Waals surface area contributed by atoms with Crippen molar-refractivity contribution in [3.63, 3.8) is 0 Å². The molecule has 1 aliphatic heterocycles. The second-order valence-electron chi connectivity index (χ2n) is 6.84. The number of benzene rings is 2. The molecule has 3 rings (SSSR count). The summed E-state index contributed by atoms with van der Waals surface area (Å²) in [5.74, 6) is 0.513. The Balaban J connectivity index is 1.46. The van der Waals surface area contributed by atoms with E-state index in [1.165, 1.54) is 11.3 Å². The summed E-state index contributed by atoms with van der Waals surface area (Å²) >= 11 is 0. The van der Waals surface area contributed by atoms with E-state index >= 15 is 0 Å². The highest BCUT2D eigenvalue weighted by atomic mass is 32.2. The molecule has 25 heavy (non-hydrogen) atoms. The molecule has 1 atom stereocenters. The molecule has 1 N–H and O–H groups in total. The SMILES string of the molecule is Cc1ccc(N2CCC(CNS(=O)(=O)CCc3ccccc3)C2)cc1. The molecule has 5 heteroatoms. The molecule has 0 amide bonds. The normalized spacial score (nSPS) is 17.8. The Bertz CT molecular complexity index is 773. The van der Waals surface area contributed by atoms with Gasteiger partial charge in [-0.25, -0.2) is 13.1 Å². The van der Waals surface area contributed by atoms with Gasteiger partial charge in [0, 0.05) is 25.3 Å². The van der Waals surface area contributed by atoms with Crippen molar-refractivity contribution >= 4 is 15.7 Å². The molecule has 2 aromatic carbocycles. The molecule has 1 heterocycles. The van der Waals surface area contributed by atoms with Crippen LogP contribution >= 0.6 is 0 Å². The van der Waals surface area contributed by atoms with E-state index in [4.69, 9.17) is 0 Å². The largest absolute Gasteiger partial charge is 0.371 e. The third-order valence-corrected chi connectivity index (χ3v) is 6.13. The fourth-order valence-electron chi connectivity index (χ4n) is 3.20. The van der Waals surface area contributed by atoms with Gasteiger partial charge in [0.25, 0.3) is 0 Å². The Morgan fingerprint density at radius 2 is 1.80 bits per heavy atom. The lowest BCUT2D eigenvalue weighted by Gasteiger charge is -2.19. The van der Waals surface area contributed by atoms with Crippen LogP contribution in [0.15, 0.2) is 54.6 Å². The molecule has 2 aromatic rings. The summed E-state index contributed by atoms with van der Waals surface area (Å²) in [4.78, 5) is 2.34. The van der Waals surface area contributed by atoms with Gasteiger partial charge < -0.3 is 4.90 Å². The molecule has 0 radical (unpaired) electrons.